The summed E-state index contributed by atoms with van der Waals surface area (Å²) >= 11 is 0. The van der Waals surface area contributed by atoms with E-state index in [-0.39, 0.29) is 5.82 Å². The lowest BCUT2D eigenvalue weighted by Crippen LogP contribution is -1.96. The lowest BCUT2D eigenvalue weighted by Gasteiger charge is -2.07. The lowest BCUT2D eigenvalue weighted by atomic mass is 10.1. The molecule has 0 saturated carbocycles. The fourth-order valence-electron chi connectivity index (χ4n) is 1.66. The summed E-state index contributed by atoms with van der Waals surface area (Å²) in [7, 11) is 0. The highest BCUT2D eigenvalue weighted by molar-refractivity contribution is 5.63. The first-order valence-corrected chi connectivity index (χ1v) is 5.57. The topological polar surface area (TPSA) is 22.1 Å². The maximum atomic E-state index is 13.2. The van der Waals surface area contributed by atoms with Gasteiger partial charge in [-0.1, -0.05) is 12.1 Å². The van der Waals surface area contributed by atoms with E-state index in [1.807, 2.05) is 26.0 Å². The molecule has 0 atom stereocenters. The van der Waals surface area contributed by atoms with E-state index >= 15 is 0 Å². The largest absolute Gasteiger partial charge is 0.478 e. The highest BCUT2D eigenvalue weighted by Crippen LogP contribution is 2.24. The van der Waals surface area contributed by atoms with Crippen LogP contribution < -0.4 is 4.74 Å². The van der Waals surface area contributed by atoms with E-state index in [1.165, 1.54) is 12.1 Å². The molecule has 1 aromatic carbocycles. The fraction of sp³-hybridized carbons (Fsp3) is 0.214. The molecule has 0 amide bonds. The molecular weight excluding hydrogens is 217 g/mol. The normalized spacial score (nSPS) is 10.3. The summed E-state index contributed by atoms with van der Waals surface area (Å²) in [5.41, 5.74) is 2.52. The molecule has 2 nitrogen and oxygen atoms in total. The lowest BCUT2D eigenvalue weighted by molar-refractivity contribution is 0.327. The number of ether oxygens (including phenoxy) is 1. The van der Waals surface area contributed by atoms with Gasteiger partial charge in [0.15, 0.2) is 0 Å². The summed E-state index contributed by atoms with van der Waals surface area (Å²) in [6.07, 6.45) is 0. The monoisotopic (exact) mass is 231 g/mol. The molecule has 88 valence electrons. The van der Waals surface area contributed by atoms with Crippen LogP contribution in [-0.2, 0) is 0 Å². The molecule has 1 aromatic heterocycles. The Morgan fingerprint density at radius 2 is 2.06 bits per heavy atom. The van der Waals surface area contributed by atoms with Crippen LogP contribution in [0.2, 0.25) is 0 Å². The Morgan fingerprint density at radius 1 is 1.24 bits per heavy atom. The van der Waals surface area contributed by atoms with Crippen LogP contribution in [0.3, 0.4) is 0 Å². The SMILES string of the molecule is CCOc1cccc(-c2cc(F)ccc2C)n1. The van der Waals surface area contributed by atoms with E-state index < -0.39 is 0 Å². The molecule has 0 bridgehead atoms. The maximum absolute atomic E-state index is 13.2. The van der Waals surface area contributed by atoms with Crippen molar-refractivity contribution < 1.29 is 9.13 Å². The predicted molar refractivity (Wildman–Crippen MR) is 65.5 cm³/mol. The fourth-order valence-corrected chi connectivity index (χ4v) is 1.66. The Kier molecular flexibility index (Phi) is 3.38. The van der Waals surface area contributed by atoms with Crippen LogP contribution in [0, 0.1) is 12.7 Å². The van der Waals surface area contributed by atoms with Crippen LogP contribution in [0.5, 0.6) is 5.88 Å². The molecule has 0 radical (unpaired) electrons. The van der Waals surface area contributed by atoms with Crippen LogP contribution in [0.4, 0.5) is 4.39 Å². The Labute approximate surface area is 100 Å². The van der Waals surface area contributed by atoms with Crippen LogP contribution in [0.1, 0.15) is 12.5 Å². The number of hydrogen-bond donors (Lipinski definition) is 0. The third-order valence-corrected chi connectivity index (χ3v) is 2.49. The maximum Gasteiger partial charge on any atom is 0.213 e. The molecule has 17 heavy (non-hydrogen) atoms. The van der Waals surface area contributed by atoms with Crippen molar-refractivity contribution in [1.29, 1.82) is 0 Å². The number of aromatic nitrogens is 1. The third-order valence-electron chi connectivity index (χ3n) is 2.49. The zero-order valence-corrected chi connectivity index (χ0v) is 9.90. The van der Waals surface area contributed by atoms with Gasteiger partial charge in [0.25, 0.3) is 0 Å². The van der Waals surface area contributed by atoms with Gasteiger partial charge in [-0.15, -0.1) is 0 Å². The minimum Gasteiger partial charge on any atom is -0.478 e. The predicted octanol–water partition coefficient (Wildman–Crippen LogP) is 3.59. The van der Waals surface area contributed by atoms with Crippen molar-refractivity contribution in [3.05, 3.63) is 47.8 Å². The van der Waals surface area contributed by atoms with Crippen molar-refractivity contribution in [3.8, 4) is 17.1 Å². The van der Waals surface area contributed by atoms with Gasteiger partial charge >= 0.3 is 0 Å². The number of hydrogen-bond acceptors (Lipinski definition) is 2. The number of pyridine rings is 1. The van der Waals surface area contributed by atoms with E-state index in [9.17, 15) is 4.39 Å². The summed E-state index contributed by atoms with van der Waals surface area (Å²) in [5, 5.41) is 0. The van der Waals surface area contributed by atoms with Gasteiger partial charge in [0.1, 0.15) is 5.82 Å². The van der Waals surface area contributed by atoms with Gasteiger partial charge in [0.05, 0.1) is 12.3 Å². The zero-order valence-electron chi connectivity index (χ0n) is 9.90. The first kappa shape index (κ1) is 11.6. The number of aryl methyl sites for hydroxylation is 1. The van der Waals surface area contributed by atoms with Gasteiger partial charge in [-0.3, -0.25) is 0 Å². The van der Waals surface area contributed by atoms with Crippen LogP contribution in [0.15, 0.2) is 36.4 Å². The van der Waals surface area contributed by atoms with E-state index in [0.29, 0.717) is 12.5 Å². The van der Waals surface area contributed by atoms with Crippen LogP contribution in [-0.4, -0.2) is 11.6 Å². The Bertz CT molecular complexity index is 525. The second kappa shape index (κ2) is 4.95. The third kappa shape index (κ3) is 2.61. The summed E-state index contributed by atoms with van der Waals surface area (Å²) < 4.78 is 18.6. The Hall–Kier alpha value is -1.90. The van der Waals surface area contributed by atoms with Gasteiger partial charge in [0, 0.05) is 11.6 Å². The van der Waals surface area contributed by atoms with E-state index in [2.05, 4.69) is 4.98 Å². The second-order valence-corrected chi connectivity index (χ2v) is 3.75. The molecule has 0 saturated heterocycles. The van der Waals surface area contributed by atoms with Gasteiger partial charge in [-0.05, 0) is 37.6 Å². The second-order valence-electron chi connectivity index (χ2n) is 3.75. The average molecular weight is 231 g/mol. The van der Waals surface area contributed by atoms with E-state index in [4.69, 9.17) is 4.74 Å². The summed E-state index contributed by atoms with van der Waals surface area (Å²) in [4.78, 5) is 4.35. The standard InChI is InChI=1S/C14H14FNO/c1-3-17-14-6-4-5-13(16-14)12-9-11(15)8-7-10(12)2/h4-9H,3H2,1-2H3. The highest BCUT2D eigenvalue weighted by atomic mass is 19.1. The average Bonchev–Trinajstić information content (AvgIpc) is 2.33. The van der Waals surface area contributed by atoms with Crippen molar-refractivity contribution in [2.45, 2.75) is 13.8 Å². The minimum atomic E-state index is -0.255. The van der Waals surface area contributed by atoms with Crippen LogP contribution in [0.25, 0.3) is 11.3 Å². The first-order chi connectivity index (χ1) is 8.20. The van der Waals surface area contributed by atoms with Crippen molar-refractivity contribution in [2.24, 2.45) is 0 Å². The Balaban J connectivity index is 2.45. The molecular formula is C14H14FNO. The molecule has 0 aliphatic heterocycles. The van der Waals surface area contributed by atoms with Gasteiger partial charge in [-0.2, -0.15) is 0 Å². The van der Waals surface area contributed by atoms with Crippen molar-refractivity contribution >= 4 is 0 Å². The highest BCUT2D eigenvalue weighted by Gasteiger charge is 2.06. The van der Waals surface area contributed by atoms with Crippen molar-refractivity contribution in [2.75, 3.05) is 6.61 Å². The number of rotatable bonds is 3. The molecule has 0 aliphatic carbocycles. The summed E-state index contributed by atoms with van der Waals surface area (Å²) in [5.74, 6) is 0.308. The molecule has 2 aromatic rings. The van der Waals surface area contributed by atoms with E-state index in [0.717, 1.165) is 16.8 Å². The smallest absolute Gasteiger partial charge is 0.213 e. The summed E-state index contributed by atoms with van der Waals surface area (Å²) in [6, 6.07) is 10.2. The number of halogens is 1. The van der Waals surface area contributed by atoms with Crippen LogP contribution >= 0.6 is 0 Å². The van der Waals surface area contributed by atoms with Crippen molar-refractivity contribution in [3.63, 3.8) is 0 Å². The van der Waals surface area contributed by atoms with Gasteiger partial charge in [0.2, 0.25) is 5.88 Å². The van der Waals surface area contributed by atoms with Crippen molar-refractivity contribution in [1.82, 2.24) is 4.98 Å². The number of nitrogens with zero attached hydrogens (tertiary/aromatic N) is 1. The first-order valence-electron chi connectivity index (χ1n) is 5.57. The van der Waals surface area contributed by atoms with Gasteiger partial charge in [-0.25, -0.2) is 9.37 Å². The molecule has 0 fully saturated rings. The molecule has 0 N–H and O–H groups in total. The minimum absolute atomic E-state index is 0.255. The molecule has 1 heterocycles. The molecule has 0 spiro atoms. The molecule has 2 rings (SSSR count). The molecule has 0 unspecified atom stereocenters. The van der Waals surface area contributed by atoms with E-state index in [1.54, 1.807) is 12.1 Å². The molecule has 0 aliphatic rings. The van der Waals surface area contributed by atoms with Gasteiger partial charge < -0.3 is 4.74 Å². The molecule has 3 heteroatoms. The Morgan fingerprint density at radius 3 is 2.82 bits per heavy atom. The number of benzene rings is 1. The quantitative estimate of drug-likeness (QED) is 0.805. The summed E-state index contributed by atoms with van der Waals surface area (Å²) in [6.45, 7) is 4.41. The zero-order chi connectivity index (χ0) is 12.3.